The maximum Gasteiger partial charge on any atom is 0.272 e. The van der Waals surface area contributed by atoms with E-state index in [9.17, 15) is 4.79 Å². The molecule has 1 saturated heterocycles. The minimum Gasteiger partial charge on any atom is -0.334 e. The quantitative estimate of drug-likeness (QED) is 0.771. The molecular weight excluding hydrogens is 318 g/mol. The Morgan fingerprint density at radius 1 is 1.45 bits per heavy atom. The van der Waals surface area contributed by atoms with Gasteiger partial charge in [0, 0.05) is 24.5 Å². The number of halogens is 1. The molecule has 1 fully saturated rings. The highest BCUT2D eigenvalue weighted by Gasteiger charge is 2.29. The molecular formula is C15H24BrN3O. The lowest BCUT2D eigenvalue weighted by atomic mass is 9.99. The second kappa shape index (κ2) is 7.25. The molecule has 0 aliphatic carbocycles. The number of carbonyl (C=O) groups excluding carboxylic acids is 1. The fourth-order valence-electron chi connectivity index (χ4n) is 2.90. The third-order valence-corrected chi connectivity index (χ3v) is 4.50. The highest BCUT2D eigenvalue weighted by molar-refractivity contribution is 9.09. The molecule has 1 aromatic heterocycles. The first-order chi connectivity index (χ1) is 9.71. The molecule has 1 aliphatic rings. The zero-order valence-electron chi connectivity index (χ0n) is 12.4. The normalized spacial score (nSPS) is 19.4. The zero-order valence-corrected chi connectivity index (χ0v) is 14.0. The van der Waals surface area contributed by atoms with E-state index in [1.54, 1.807) is 0 Å². The molecule has 0 bridgehead atoms. The summed E-state index contributed by atoms with van der Waals surface area (Å²) in [5.74, 6) is 0.157. The van der Waals surface area contributed by atoms with Crippen LogP contribution in [-0.4, -0.2) is 38.5 Å². The third-order valence-electron chi connectivity index (χ3n) is 4.04. The van der Waals surface area contributed by atoms with Gasteiger partial charge in [0.05, 0.1) is 5.69 Å². The first-order valence-electron chi connectivity index (χ1n) is 7.64. The largest absolute Gasteiger partial charge is 0.334 e. The van der Waals surface area contributed by atoms with Crippen LogP contribution in [0.1, 0.15) is 55.7 Å². The lowest BCUT2D eigenvalue weighted by Crippen LogP contribution is -2.44. The molecule has 0 saturated carbocycles. The molecule has 4 nitrogen and oxygen atoms in total. The van der Waals surface area contributed by atoms with Gasteiger partial charge in [-0.05, 0) is 45.1 Å². The van der Waals surface area contributed by atoms with Crippen LogP contribution in [0.15, 0.2) is 6.07 Å². The number of amides is 1. The summed E-state index contributed by atoms with van der Waals surface area (Å²) in [6.45, 7) is 5.74. The van der Waals surface area contributed by atoms with Gasteiger partial charge in [0.25, 0.3) is 5.91 Å². The molecule has 1 aromatic rings. The van der Waals surface area contributed by atoms with Crippen LogP contribution in [0.2, 0.25) is 0 Å². The number of likely N-dealkylation sites (tertiary alicyclic amines) is 1. The Bertz CT molecular complexity index is 456. The van der Waals surface area contributed by atoms with E-state index in [0.29, 0.717) is 6.04 Å². The molecule has 0 radical (unpaired) electrons. The molecule has 20 heavy (non-hydrogen) atoms. The molecule has 0 aromatic carbocycles. The lowest BCUT2D eigenvalue weighted by molar-refractivity contribution is 0.0597. The highest BCUT2D eigenvalue weighted by atomic mass is 79.9. The molecule has 5 heteroatoms. The molecule has 112 valence electrons. The Morgan fingerprint density at radius 2 is 2.25 bits per heavy atom. The van der Waals surface area contributed by atoms with Gasteiger partial charge in [-0.2, -0.15) is 5.10 Å². The molecule has 0 N–H and O–H groups in total. The standard InChI is InChI=1S/C15H24BrN3O/c1-3-12-11-14(19(4-2)17-12)15(20)18-10-6-5-7-13(18)8-9-16/h11,13H,3-10H2,1-2H3. The predicted molar refractivity (Wildman–Crippen MR) is 84.4 cm³/mol. The van der Waals surface area contributed by atoms with Crippen molar-refractivity contribution in [2.24, 2.45) is 0 Å². The SMILES string of the molecule is CCc1cc(C(=O)N2CCCCC2CCBr)n(CC)n1. The maximum atomic E-state index is 12.8. The van der Waals surface area contributed by atoms with Crippen LogP contribution in [0.4, 0.5) is 0 Å². The number of carbonyl (C=O) groups is 1. The predicted octanol–water partition coefficient (Wildman–Crippen LogP) is 3.25. The van der Waals surface area contributed by atoms with Gasteiger partial charge < -0.3 is 4.90 Å². The molecule has 1 atom stereocenters. The van der Waals surface area contributed by atoms with Gasteiger partial charge in [0.2, 0.25) is 0 Å². The number of nitrogens with zero attached hydrogens (tertiary/aromatic N) is 3. The van der Waals surface area contributed by atoms with Crippen LogP contribution in [0.25, 0.3) is 0 Å². The van der Waals surface area contributed by atoms with Crippen LogP contribution >= 0.6 is 15.9 Å². The van der Waals surface area contributed by atoms with Gasteiger partial charge in [-0.25, -0.2) is 0 Å². The van der Waals surface area contributed by atoms with E-state index in [1.165, 1.54) is 6.42 Å². The summed E-state index contributed by atoms with van der Waals surface area (Å²) in [6.07, 6.45) is 5.38. The van der Waals surface area contributed by atoms with Crippen molar-refractivity contribution in [3.05, 3.63) is 17.5 Å². The van der Waals surface area contributed by atoms with Crippen LogP contribution in [-0.2, 0) is 13.0 Å². The second-order valence-corrected chi connectivity index (χ2v) is 6.11. The number of hydrogen-bond acceptors (Lipinski definition) is 2. The highest BCUT2D eigenvalue weighted by Crippen LogP contribution is 2.23. The van der Waals surface area contributed by atoms with Crippen molar-refractivity contribution in [1.29, 1.82) is 0 Å². The van der Waals surface area contributed by atoms with E-state index in [4.69, 9.17) is 0 Å². The number of rotatable bonds is 5. The Morgan fingerprint density at radius 3 is 2.90 bits per heavy atom. The van der Waals surface area contributed by atoms with Crippen molar-refractivity contribution >= 4 is 21.8 Å². The summed E-state index contributed by atoms with van der Waals surface area (Å²) in [5, 5.41) is 5.45. The van der Waals surface area contributed by atoms with Gasteiger partial charge in [0.15, 0.2) is 0 Å². The summed E-state index contributed by atoms with van der Waals surface area (Å²) in [7, 11) is 0. The zero-order chi connectivity index (χ0) is 14.5. The van der Waals surface area contributed by atoms with Crippen LogP contribution in [0, 0.1) is 0 Å². The number of piperidine rings is 1. The molecule has 1 unspecified atom stereocenters. The molecule has 1 amide bonds. The first kappa shape index (κ1) is 15.5. The summed E-state index contributed by atoms with van der Waals surface area (Å²) in [4.78, 5) is 14.9. The van der Waals surface area contributed by atoms with Crippen molar-refractivity contribution in [2.45, 2.75) is 58.5 Å². The third kappa shape index (κ3) is 3.25. The van der Waals surface area contributed by atoms with Gasteiger partial charge in [0.1, 0.15) is 5.69 Å². The van der Waals surface area contributed by atoms with E-state index < -0.39 is 0 Å². The Hall–Kier alpha value is -0.840. The summed E-state index contributed by atoms with van der Waals surface area (Å²) in [5.41, 5.74) is 1.76. The minimum atomic E-state index is 0.157. The van der Waals surface area contributed by atoms with E-state index in [-0.39, 0.29) is 5.91 Å². The number of aromatic nitrogens is 2. The Kier molecular flexibility index (Phi) is 5.64. The van der Waals surface area contributed by atoms with Gasteiger partial charge >= 0.3 is 0 Å². The van der Waals surface area contributed by atoms with Gasteiger partial charge in [-0.3, -0.25) is 9.48 Å². The summed E-state index contributed by atoms with van der Waals surface area (Å²) < 4.78 is 1.85. The van der Waals surface area contributed by atoms with Gasteiger partial charge in [-0.1, -0.05) is 22.9 Å². The fraction of sp³-hybridized carbons (Fsp3) is 0.733. The number of alkyl halides is 1. The monoisotopic (exact) mass is 341 g/mol. The summed E-state index contributed by atoms with van der Waals surface area (Å²) in [6, 6.07) is 2.34. The van der Waals surface area contributed by atoms with Crippen LogP contribution in [0.5, 0.6) is 0 Å². The van der Waals surface area contributed by atoms with E-state index in [0.717, 1.165) is 55.5 Å². The average molecular weight is 342 g/mol. The Labute approximate surface area is 129 Å². The fourth-order valence-corrected chi connectivity index (χ4v) is 3.43. The van der Waals surface area contributed by atoms with E-state index >= 15 is 0 Å². The smallest absolute Gasteiger partial charge is 0.272 e. The van der Waals surface area contributed by atoms with E-state index in [1.807, 2.05) is 17.7 Å². The van der Waals surface area contributed by atoms with Gasteiger partial charge in [-0.15, -0.1) is 0 Å². The maximum absolute atomic E-state index is 12.8. The Balaban J connectivity index is 2.22. The van der Waals surface area contributed by atoms with E-state index in [2.05, 4.69) is 32.9 Å². The number of hydrogen-bond donors (Lipinski definition) is 0. The van der Waals surface area contributed by atoms with Crippen molar-refractivity contribution in [2.75, 3.05) is 11.9 Å². The topological polar surface area (TPSA) is 38.1 Å². The molecule has 1 aliphatic heterocycles. The molecule has 2 heterocycles. The van der Waals surface area contributed by atoms with Crippen LogP contribution in [0.3, 0.4) is 0 Å². The van der Waals surface area contributed by atoms with Crippen LogP contribution < -0.4 is 0 Å². The molecule has 0 spiro atoms. The minimum absolute atomic E-state index is 0.157. The summed E-state index contributed by atoms with van der Waals surface area (Å²) >= 11 is 3.51. The average Bonchev–Trinajstić information content (AvgIpc) is 2.91. The van der Waals surface area contributed by atoms with Crippen molar-refractivity contribution in [3.63, 3.8) is 0 Å². The lowest BCUT2D eigenvalue weighted by Gasteiger charge is -2.35. The first-order valence-corrected chi connectivity index (χ1v) is 8.77. The molecule has 2 rings (SSSR count). The van der Waals surface area contributed by atoms with Crippen molar-refractivity contribution in [3.8, 4) is 0 Å². The number of aryl methyl sites for hydroxylation is 2. The second-order valence-electron chi connectivity index (χ2n) is 5.32. The van der Waals surface area contributed by atoms with Crippen molar-refractivity contribution < 1.29 is 4.79 Å². The van der Waals surface area contributed by atoms with Crippen molar-refractivity contribution in [1.82, 2.24) is 14.7 Å².